The molecule has 0 radical (unpaired) electrons. The van der Waals surface area contributed by atoms with E-state index in [0.717, 1.165) is 17.1 Å². The van der Waals surface area contributed by atoms with Crippen molar-refractivity contribution in [2.24, 2.45) is 0 Å². The molecule has 13 aromatic rings. The van der Waals surface area contributed by atoms with Gasteiger partial charge >= 0.3 is 0 Å². The van der Waals surface area contributed by atoms with Gasteiger partial charge in [0, 0.05) is 44.9 Å². The lowest BCUT2D eigenvalue weighted by Crippen LogP contribution is -2.33. The van der Waals surface area contributed by atoms with E-state index in [4.69, 9.17) is 0 Å². The zero-order valence-corrected chi connectivity index (χ0v) is 45.3. The molecular formula is C80H51N3. The third kappa shape index (κ3) is 5.64. The van der Waals surface area contributed by atoms with Crippen LogP contribution in [0.3, 0.4) is 0 Å². The summed E-state index contributed by atoms with van der Waals surface area (Å²) in [6.07, 6.45) is 9.12. The molecule has 3 atom stereocenters. The number of rotatable bonds is 5. The molecule has 0 bridgehead atoms. The summed E-state index contributed by atoms with van der Waals surface area (Å²) < 4.78 is 2.54. The van der Waals surface area contributed by atoms with Crippen LogP contribution < -0.4 is 9.80 Å². The standard InChI is InChI=1S/C80H51N3/c1-8-31-62-54(23-1)55-24-2-9-32-63(55)79(62)64-33-10-3-28-60(64)76-67(79)36-19-43-74(76)81(52-47-45-50(46-48-52)51-21-17-22-53(49-51)82-70-39-13-5-25-56(70)57-26-6-14-40-71(57)82)75-44-20-37-68-77(75)61-29-4-11-34-65(61)80(68)66-35-12-16-42-73(66)83-72-41-15-7-27-58(72)59-30-18-38-69(80)78(59)83/h1-49,56,70H. The van der Waals surface area contributed by atoms with Crippen LogP contribution in [-0.2, 0) is 10.8 Å². The number of hydrogen-bond donors (Lipinski definition) is 0. The van der Waals surface area contributed by atoms with Crippen LogP contribution in [0.2, 0.25) is 0 Å². The molecule has 0 fully saturated rings. The van der Waals surface area contributed by atoms with Gasteiger partial charge in [0.25, 0.3) is 0 Å². The maximum absolute atomic E-state index is 2.62. The number of allylic oxidation sites excluding steroid dienone is 2. The van der Waals surface area contributed by atoms with Crippen LogP contribution in [0.5, 0.6) is 0 Å². The van der Waals surface area contributed by atoms with E-state index in [2.05, 4.69) is 312 Å². The number of aromatic nitrogens is 1. The molecule has 83 heavy (non-hydrogen) atoms. The van der Waals surface area contributed by atoms with Gasteiger partial charge in [0.05, 0.1) is 45.0 Å². The number of para-hydroxylation sites is 4. The molecule has 3 nitrogen and oxygen atoms in total. The zero-order valence-electron chi connectivity index (χ0n) is 45.3. The second kappa shape index (κ2) is 16.6. The first-order valence-corrected chi connectivity index (χ1v) is 29.3. The van der Waals surface area contributed by atoms with Crippen molar-refractivity contribution in [3.05, 3.63) is 347 Å². The van der Waals surface area contributed by atoms with Crippen molar-refractivity contribution in [1.82, 2.24) is 4.57 Å². The molecule has 0 amide bonds. The second-order valence-electron chi connectivity index (χ2n) is 23.3. The van der Waals surface area contributed by atoms with Crippen molar-refractivity contribution in [1.29, 1.82) is 0 Å². The molecule has 3 heterocycles. The lowest BCUT2D eigenvalue weighted by Gasteiger charge is -2.39. The third-order valence-electron chi connectivity index (χ3n) is 19.7. The predicted molar refractivity (Wildman–Crippen MR) is 341 cm³/mol. The van der Waals surface area contributed by atoms with E-state index in [9.17, 15) is 0 Å². The van der Waals surface area contributed by atoms with Crippen LogP contribution >= 0.6 is 0 Å². The second-order valence-corrected chi connectivity index (χ2v) is 23.3. The zero-order chi connectivity index (χ0) is 54.1. The molecular weight excluding hydrogens is 1000 g/mol. The van der Waals surface area contributed by atoms with E-state index in [1.54, 1.807) is 0 Å². The van der Waals surface area contributed by atoms with Crippen LogP contribution in [-0.4, -0.2) is 10.6 Å². The van der Waals surface area contributed by atoms with Gasteiger partial charge in [0.15, 0.2) is 0 Å². The van der Waals surface area contributed by atoms with Gasteiger partial charge in [0.1, 0.15) is 0 Å². The summed E-state index contributed by atoms with van der Waals surface area (Å²) in [6, 6.07) is 104. The van der Waals surface area contributed by atoms with Gasteiger partial charge < -0.3 is 14.4 Å². The summed E-state index contributed by atoms with van der Waals surface area (Å²) in [4.78, 5) is 5.15. The minimum Gasteiger partial charge on any atom is -0.333 e. The lowest BCUT2D eigenvalue weighted by molar-refractivity contribution is 0.745. The molecule has 4 aliphatic carbocycles. The fourth-order valence-corrected chi connectivity index (χ4v) is 16.7. The highest BCUT2D eigenvalue weighted by atomic mass is 15.2. The summed E-state index contributed by atoms with van der Waals surface area (Å²) in [7, 11) is 0. The van der Waals surface area contributed by atoms with E-state index in [1.807, 2.05) is 0 Å². The van der Waals surface area contributed by atoms with Crippen molar-refractivity contribution in [2.45, 2.75) is 22.8 Å². The topological polar surface area (TPSA) is 11.4 Å². The molecule has 2 aliphatic heterocycles. The Kier molecular flexibility index (Phi) is 9.04. The van der Waals surface area contributed by atoms with Gasteiger partial charge in [-0.2, -0.15) is 0 Å². The summed E-state index contributed by atoms with van der Waals surface area (Å²) >= 11 is 0. The molecule has 0 N–H and O–H groups in total. The smallest absolute Gasteiger partial charge is 0.0755 e. The molecule has 6 aliphatic rings. The number of anilines is 5. The molecule has 19 rings (SSSR count). The number of nitrogens with zero attached hydrogens (tertiary/aromatic N) is 3. The van der Waals surface area contributed by atoms with Gasteiger partial charge in [-0.25, -0.2) is 0 Å². The normalized spacial score (nSPS) is 17.9. The Morgan fingerprint density at radius 2 is 0.855 bits per heavy atom. The number of hydrogen-bond acceptors (Lipinski definition) is 2. The van der Waals surface area contributed by atoms with Gasteiger partial charge in [-0.15, -0.1) is 0 Å². The summed E-state index contributed by atoms with van der Waals surface area (Å²) in [6.45, 7) is 0. The van der Waals surface area contributed by atoms with Crippen LogP contribution in [0.25, 0.3) is 72.0 Å². The molecule has 0 saturated carbocycles. The highest BCUT2D eigenvalue weighted by Gasteiger charge is 2.54. The van der Waals surface area contributed by atoms with Crippen LogP contribution in [0, 0.1) is 0 Å². The van der Waals surface area contributed by atoms with E-state index >= 15 is 0 Å². The minimum atomic E-state index is -0.616. The largest absolute Gasteiger partial charge is 0.333 e. The molecule has 12 aromatic carbocycles. The Labute approximate surface area is 482 Å². The monoisotopic (exact) mass is 1050 g/mol. The maximum atomic E-state index is 2.62. The SMILES string of the molecule is C1=CC2c3ccccc3N(c3cccc(-c4ccc(N(c5cccc6c5-c5ccccc5C65c6ccccc6-c6ccccc65)c5cccc6c5-c5ccccc5C65c6ccccc6-n6c7ccccc7c7cccc5c76)cc4)c3)C2C=C1. The number of benzene rings is 12. The first-order valence-electron chi connectivity index (χ1n) is 29.3. The first kappa shape index (κ1) is 45.3. The summed E-state index contributed by atoms with van der Waals surface area (Å²) in [5.74, 6) is 0.319. The van der Waals surface area contributed by atoms with E-state index in [0.29, 0.717) is 5.92 Å². The summed E-state index contributed by atoms with van der Waals surface area (Å²) in [5.41, 5.74) is 30.4. The third-order valence-corrected chi connectivity index (χ3v) is 19.7. The Morgan fingerprint density at radius 3 is 1.55 bits per heavy atom. The Hall–Kier alpha value is -10.5. The molecule has 1 aromatic heterocycles. The number of fused-ring (bicyclic) bond motifs is 25. The van der Waals surface area contributed by atoms with E-state index in [-0.39, 0.29) is 6.04 Å². The first-order chi connectivity index (χ1) is 41.2. The molecule has 386 valence electrons. The van der Waals surface area contributed by atoms with Crippen molar-refractivity contribution in [3.8, 4) is 50.2 Å². The van der Waals surface area contributed by atoms with Gasteiger partial charge in [0.2, 0.25) is 0 Å². The van der Waals surface area contributed by atoms with Crippen molar-refractivity contribution in [2.75, 3.05) is 9.80 Å². The van der Waals surface area contributed by atoms with Crippen LogP contribution in [0.4, 0.5) is 28.4 Å². The molecule has 3 heteroatoms. The molecule has 3 unspecified atom stereocenters. The lowest BCUT2D eigenvalue weighted by atomic mass is 9.65. The molecule has 0 saturated heterocycles. The van der Waals surface area contributed by atoms with Crippen LogP contribution in [0.15, 0.2) is 297 Å². The Balaban J connectivity index is 0.863. The van der Waals surface area contributed by atoms with Gasteiger partial charge in [-0.3, -0.25) is 0 Å². The highest BCUT2D eigenvalue weighted by molar-refractivity contribution is 6.13. The van der Waals surface area contributed by atoms with Crippen molar-refractivity contribution < 1.29 is 0 Å². The summed E-state index contributed by atoms with van der Waals surface area (Å²) in [5, 5.41) is 2.55. The van der Waals surface area contributed by atoms with E-state index < -0.39 is 10.8 Å². The Morgan fingerprint density at radius 1 is 0.349 bits per heavy atom. The average Bonchev–Trinajstić information content (AvgIpc) is 1.63. The van der Waals surface area contributed by atoms with Gasteiger partial charge in [-0.05, 0) is 138 Å². The fourth-order valence-electron chi connectivity index (χ4n) is 16.7. The molecule has 2 spiro atoms. The maximum Gasteiger partial charge on any atom is 0.0755 e. The van der Waals surface area contributed by atoms with Crippen molar-refractivity contribution >= 4 is 50.2 Å². The van der Waals surface area contributed by atoms with Crippen molar-refractivity contribution in [3.63, 3.8) is 0 Å². The fraction of sp³-hybridized carbons (Fsp3) is 0.0500. The van der Waals surface area contributed by atoms with E-state index in [1.165, 1.54) is 133 Å². The van der Waals surface area contributed by atoms with Crippen LogP contribution in [0.1, 0.15) is 56.0 Å². The van der Waals surface area contributed by atoms with Gasteiger partial charge in [-0.1, -0.05) is 243 Å². The highest BCUT2D eigenvalue weighted by Crippen LogP contribution is 2.67. The minimum absolute atomic E-state index is 0.226. The Bertz CT molecular complexity index is 4990. The quantitative estimate of drug-likeness (QED) is 0.170. The predicted octanol–water partition coefficient (Wildman–Crippen LogP) is 19.7. The average molecular weight is 1050 g/mol.